The summed E-state index contributed by atoms with van der Waals surface area (Å²) in [5.74, 6) is 0. The Hall–Kier alpha value is -1.08. The van der Waals surface area contributed by atoms with Gasteiger partial charge in [-0.3, -0.25) is 0 Å². The van der Waals surface area contributed by atoms with Crippen LogP contribution in [0.2, 0.25) is 0 Å². The molecule has 1 unspecified atom stereocenters. The Morgan fingerprint density at radius 3 is 2.20 bits per heavy atom. The van der Waals surface area contributed by atoms with Crippen LogP contribution in [0.4, 0.5) is 5.69 Å². The lowest BCUT2D eigenvalue weighted by atomic mass is 9.75. The van der Waals surface area contributed by atoms with Crippen LogP contribution in [-0.4, -0.2) is 49.7 Å². The summed E-state index contributed by atoms with van der Waals surface area (Å²) < 4.78 is 18.2. The Morgan fingerprint density at radius 2 is 1.63 bits per heavy atom. The van der Waals surface area contributed by atoms with Crippen molar-refractivity contribution in [2.45, 2.75) is 90.4 Å². The topological polar surface area (TPSA) is 51.2 Å². The van der Waals surface area contributed by atoms with Crippen LogP contribution in [0.25, 0.3) is 0 Å². The quantitative estimate of drug-likeness (QED) is 0.512. The molecule has 1 N–H and O–H groups in total. The zero-order valence-electron chi connectivity index (χ0n) is 19.8. The molecule has 1 atom stereocenters. The summed E-state index contributed by atoms with van der Waals surface area (Å²) in [4.78, 5) is 2.34. The fraction of sp³-hybridized carbons (Fsp3) is 0.750. The smallest absolute Gasteiger partial charge is 0.399 e. The van der Waals surface area contributed by atoms with Crippen molar-refractivity contribution in [2.75, 3.05) is 31.2 Å². The monoisotopic (exact) mass is 417 g/mol. The number of nitrogens with zero attached hydrogens (tertiary/aromatic N) is 1. The largest absolute Gasteiger partial charge is 0.494 e. The molecule has 2 fully saturated rings. The van der Waals surface area contributed by atoms with Crippen LogP contribution in [-0.2, 0) is 19.6 Å². The highest BCUT2D eigenvalue weighted by Crippen LogP contribution is 2.38. The zero-order chi connectivity index (χ0) is 22.0. The molecule has 0 saturated carbocycles. The summed E-state index contributed by atoms with van der Waals surface area (Å²) >= 11 is 0. The standard InChI is InChI=1S/C24H40BNO4/c1-7-9-10-11-24(27,8-2)19-16-20(25-29-22(3,4)23(5,6)30-25)18-21(17-19)26-12-14-28-15-13-26/h16-18,27H,7-15H2,1-6H3. The first-order valence-electron chi connectivity index (χ1n) is 11.7. The van der Waals surface area contributed by atoms with Crippen molar-refractivity contribution >= 4 is 18.3 Å². The number of morpholine rings is 1. The van der Waals surface area contributed by atoms with Gasteiger partial charge in [0.15, 0.2) is 0 Å². The second-order valence-electron chi connectivity index (χ2n) is 9.84. The number of aliphatic hydroxyl groups is 1. The van der Waals surface area contributed by atoms with Gasteiger partial charge in [0.05, 0.1) is 30.0 Å². The van der Waals surface area contributed by atoms with Crippen molar-refractivity contribution in [1.82, 2.24) is 0 Å². The molecule has 5 nitrogen and oxygen atoms in total. The highest BCUT2D eigenvalue weighted by molar-refractivity contribution is 6.62. The summed E-state index contributed by atoms with van der Waals surface area (Å²) in [5, 5.41) is 11.6. The molecule has 1 aromatic rings. The molecular formula is C24H40BNO4. The van der Waals surface area contributed by atoms with Gasteiger partial charge in [0.2, 0.25) is 0 Å². The van der Waals surface area contributed by atoms with Crippen molar-refractivity contribution in [2.24, 2.45) is 0 Å². The molecule has 2 aliphatic rings. The van der Waals surface area contributed by atoms with Gasteiger partial charge in [-0.15, -0.1) is 0 Å². The van der Waals surface area contributed by atoms with Gasteiger partial charge in [0.1, 0.15) is 0 Å². The number of unbranched alkanes of at least 4 members (excludes halogenated alkanes) is 2. The Kier molecular flexibility index (Phi) is 7.23. The summed E-state index contributed by atoms with van der Waals surface area (Å²) in [6.07, 6.45) is 4.76. The number of hydrogen-bond donors (Lipinski definition) is 1. The van der Waals surface area contributed by atoms with Gasteiger partial charge in [-0.1, -0.05) is 39.2 Å². The van der Waals surface area contributed by atoms with Gasteiger partial charge >= 0.3 is 7.12 Å². The summed E-state index contributed by atoms with van der Waals surface area (Å²) in [5.41, 5.74) is 1.44. The predicted octanol–water partition coefficient (Wildman–Crippen LogP) is 4.00. The summed E-state index contributed by atoms with van der Waals surface area (Å²) in [6, 6.07) is 6.43. The van der Waals surface area contributed by atoms with Crippen LogP contribution >= 0.6 is 0 Å². The lowest BCUT2D eigenvalue weighted by molar-refractivity contribution is 0.00578. The third-order valence-electron chi connectivity index (χ3n) is 7.16. The SMILES string of the molecule is CCCCCC(O)(CC)c1cc(B2OC(C)(C)C(C)(C)O2)cc(N2CCOCC2)c1. The Morgan fingerprint density at radius 1 is 1.00 bits per heavy atom. The molecule has 0 spiro atoms. The van der Waals surface area contributed by atoms with E-state index in [2.05, 4.69) is 64.6 Å². The Labute approximate surface area is 183 Å². The van der Waals surface area contributed by atoms with Gasteiger partial charge in [0, 0.05) is 18.8 Å². The Balaban J connectivity index is 1.99. The Bertz CT molecular complexity index is 701. The lowest BCUT2D eigenvalue weighted by Gasteiger charge is -2.33. The van der Waals surface area contributed by atoms with Crippen LogP contribution in [0.1, 0.15) is 79.2 Å². The van der Waals surface area contributed by atoms with E-state index in [0.717, 1.165) is 68.7 Å². The fourth-order valence-corrected chi connectivity index (χ4v) is 4.22. The van der Waals surface area contributed by atoms with Crippen LogP contribution < -0.4 is 10.4 Å². The molecule has 0 amide bonds. The molecular weight excluding hydrogens is 377 g/mol. The van der Waals surface area contributed by atoms with E-state index in [1.807, 2.05) is 0 Å². The summed E-state index contributed by atoms with van der Waals surface area (Å²) in [6.45, 7) is 15.7. The molecule has 2 aliphatic heterocycles. The van der Waals surface area contributed by atoms with E-state index < -0.39 is 23.9 Å². The van der Waals surface area contributed by atoms with E-state index in [1.165, 1.54) is 0 Å². The molecule has 30 heavy (non-hydrogen) atoms. The zero-order valence-corrected chi connectivity index (χ0v) is 19.8. The molecule has 2 saturated heterocycles. The van der Waals surface area contributed by atoms with Gasteiger partial charge in [-0.05, 0) is 63.7 Å². The minimum absolute atomic E-state index is 0.394. The van der Waals surface area contributed by atoms with Crippen molar-refractivity contribution in [1.29, 1.82) is 0 Å². The van der Waals surface area contributed by atoms with Crippen LogP contribution in [0.3, 0.4) is 0 Å². The minimum atomic E-state index is -0.837. The highest BCUT2D eigenvalue weighted by Gasteiger charge is 2.52. The maximum atomic E-state index is 11.6. The molecule has 6 heteroatoms. The maximum absolute atomic E-state index is 11.6. The lowest BCUT2D eigenvalue weighted by Crippen LogP contribution is -2.41. The number of anilines is 1. The van der Waals surface area contributed by atoms with Gasteiger partial charge in [-0.2, -0.15) is 0 Å². The first-order valence-corrected chi connectivity index (χ1v) is 11.7. The average molecular weight is 417 g/mol. The first-order chi connectivity index (χ1) is 14.1. The third kappa shape index (κ3) is 4.88. The fourth-order valence-electron chi connectivity index (χ4n) is 4.22. The van der Waals surface area contributed by atoms with Crippen LogP contribution in [0.5, 0.6) is 0 Å². The molecule has 0 bridgehead atoms. The third-order valence-corrected chi connectivity index (χ3v) is 7.16. The second kappa shape index (κ2) is 9.19. The van der Waals surface area contributed by atoms with Crippen LogP contribution in [0.15, 0.2) is 18.2 Å². The van der Waals surface area contributed by atoms with Crippen molar-refractivity contribution in [3.8, 4) is 0 Å². The first kappa shape index (κ1) is 23.6. The maximum Gasteiger partial charge on any atom is 0.494 e. The van der Waals surface area contributed by atoms with E-state index in [-0.39, 0.29) is 0 Å². The normalized spacial score (nSPS) is 22.9. The predicted molar refractivity (Wildman–Crippen MR) is 124 cm³/mol. The molecule has 0 aromatic heterocycles. The van der Waals surface area contributed by atoms with E-state index in [1.54, 1.807) is 0 Å². The van der Waals surface area contributed by atoms with Gasteiger partial charge < -0.3 is 24.1 Å². The molecule has 3 rings (SSSR count). The average Bonchev–Trinajstić information content (AvgIpc) is 2.95. The minimum Gasteiger partial charge on any atom is -0.399 e. The molecule has 0 aliphatic carbocycles. The van der Waals surface area contributed by atoms with E-state index in [4.69, 9.17) is 14.0 Å². The van der Waals surface area contributed by atoms with Crippen molar-refractivity contribution < 1.29 is 19.2 Å². The molecule has 1 aromatic carbocycles. The second-order valence-corrected chi connectivity index (χ2v) is 9.84. The number of hydrogen-bond acceptors (Lipinski definition) is 5. The van der Waals surface area contributed by atoms with Crippen molar-refractivity contribution in [3.63, 3.8) is 0 Å². The van der Waals surface area contributed by atoms with Gasteiger partial charge in [0.25, 0.3) is 0 Å². The van der Waals surface area contributed by atoms with E-state index in [9.17, 15) is 5.11 Å². The number of benzene rings is 1. The van der Waals surface area contributed by atoms with Crippen molar-refractivity contribution in [3.05, 3.63) is 23.8 Å². The van der Waals surface area contributed by atoms with Gasteiger partial charge in [-0.25, -0.2) is 0 Å². The van der Waals surface area contributed by atoms with E-state index in [0.29, 0.717) is 6.42 Å². The van der Waals surface area contributed by atoms with Crippen LogP contribution in [0, 0.1) is 0 Å². The number of ether oxygens (including phenoxy) is 1. The summed E-state index contributed by atoms with van der Waals surface area (Å²) in [7, 11) is -0.438. The van der Waals surface area contributed by atoms with E-state index >= 15 is 0 Å². The number of rotatable bonds is 8. The molecule has 0 radical (unpaired) electrons. The molecule has 2 heterocycles. The molecule has 168 valence electrons. The highest BCUT2D eigenvalue weighted by atomic mass is 16.7.